The molecule has 2 rings (SSSR count). The summed E-state index contributed by atoms with van der Waals surface area (Å²) in [4.78, 5) is 0.150. The molecule has 19 heavy (non-hydrogen) atoms. The average molecular weight is 302 g/mol. The fourth-order valence-corrected chi connectivity index (χ4v) is 4.34. The van der Waals surface area contributed by atoms with Gasteiger partial charge in [-0.3, -0.25) is 4.21 Å². The minimum absolute atomic E-state index is 0.150. The van der Waals surface area contributed by atoms with Crippen LogP contribution in [0.3, 0.4) is 0 Å². The number of benzene rings is 1. The van der Waals surface area contributed by atoms with Crippen molar-refractivity contribution in [2.24, 2.45) is 5.14 Å². The molecule has 0 aliphatic carbocycles. The van der Waals surface area contributed by atoms with Crippen molar-refractivity contribution in [3.8, 4) is 0 Å². The first-order chi connectivity index (χ1) is 8.88. The highest BCUT2D eigenvalue weighted by Crippen LogP contribution is 2.24. The Morgan fingerprint density at radius 2 is 1.95 bits per heavy atom. The summed E-state index contributed by atoms with van der Waals surface area (Å²) in [5, 5.41) is 8.51. The third-order valence-electron chi connectivity index (χ3n) is 3.34. The molecule has 1 aromatic rings. The monoisotopic (exact) mass is 302 g/mol. The van der Waals surface area contributed by atoms with E-state index in [0.29, 0.717) is 17.1 Å². The summed E-state index contributed by atoms with van der Waals surface area (Å²) in [7, 11) is -4.39. The quantitative estimate of drug-likeness (QED) is 0.870. The normalized spacial score (nSPS) is 24.1. The molecule has 1 aromatic carbocycles. The maximum absolute atomic E-state index is 11.5. The van der Waals surface area contributed by atoms with Crippen LogP contribution in [0.5, 0.6) is 0 Å². The molecule has 1 aliphatic rings. The number of rotatable bonds is 3. The second kappa shape index (κ2) is 5.60. The zero-order valence-corrected chi connectivity index (χ0v) is 12.4. The molecule has 1 heterocycles. The highest BCUT2D eigenvalue weighted by molar-refractivity contribution is 7.89. The van der Waals surface area contributed by atoms with Crippen LogP contribution in [-0.4, -0.2) is 30.2 Å². The first-order valence-corrected chi connectivity index (χ1v) is 9.15. The van der Waals surface area contributed by atoms with Crippen molar-refractivity contribution < 1.29 is 12.6 Å². The smallest absolute Gasteiger partial charge is 0.238 e. The van der Waals surface area contributed by atoms with Gasteiger partial charge in [0.1, 0.15) is 0 Å². The van der Waals surface area contributed by atoms with E-state index in [0.717, 1.165) is 18.5 Å². The fraction of sp³-hybridized carbons (Fsp3) is 0.500. The predicted molar refractivity (Wildman–Crippen MR) is 77.1 cm³/mol. The number of nitrogens with one attached hydrogen (secondary N) is 1. The van der Waals surface area contributed by atoms with Crippen molar-refractivity contribution in [1.82, 2.24) is 0 Å². The van der Waals surface area contributed by atoms with E-state index in [4.69, 9.17) is 5.14 Å². The maximum Gasteiger partial charge on any atom is 0.238 e. The third kappa shape index (κ3) is 3.55. The standard InChI is InChI=1S/C12H18N2O3S2/c1-9-11(3-2-4-12(9)19(13,16)17)14-10-5-7-18(15)8-6-10/h2-4,10,14H,5-8H2,1H3,(H2,13,16,17). The van der Waals surface area contributed by atoms with E-state index in [9.17, 15) is 12.6 Å². The van der Waals surface area contributed by atoms with Gasteiger partial charge in [-0.05, 0) is 37.5 Å². The summed E-state index contributed by atoms with van der Waals surface area (Å²) >= 11 is 0. The van der Waals surface area contributed by atoms with E-state index >= 15 is 0 Å². The summed E-state index contributed by atoms with van der Waals surface area (Å²) < 4.78 is 34.2. The summed E-state index contributed by atoms with van der Waals surface area (Å²) in [6.45, 7) is 1.74. The minimum atomic E-state index is -3.69. The van der Waals surface area contributed by atoms with Gasteiger partial charge in [0.25, 0.3) is 0 Å². The van der Waals surface area contributed by atoms with E-state index in [1.807, 2.05) is 6.07 Å². The zero-order valence-electron chi connectivity index (χ0n) is 10.8. The molecule has 5 nitrogen and oxygen atoms in total. The lowest BCUT2D eigenvalue weighted by molar-refractivity contribution is 0.597. The van der Waals surface area contributed by atoms with Gasteiger partial charge in [-0.2, -0.15) is 0 Å². The van der Waals surface area contributed by atoms with E-state index in [1.165, 1.54) is 6.07 Å². The average Bonchev–Trinajstić information content (AvgIpc) is 2.33. The van der Waals surface area contributed by atoms with Crippen LogP contribution >= 0.6 is 0 Å². The van der Waals surface area contributed by atoms with E-state index in [1.54, 1.807) is 13.0 Å². The van der Waals surface area contributed by atoms with Gasteiger partial charge in [-0.1, -0.05) is 6.07 Å². The van der Waals surface area contributed by atoms with Crippen molar-refractivity contribution in [2.75, 3.05) is 16.8 Å². The van der Waals surface area contributed by atoms with E-state index in [-0.39, 0.29) is 10.9 Å². The Kier molecular flexibility index (Phi) is 4.27. The molecule has 0 unspecified atom stereocenters. The van der Waals surface area contributed by atoms with Crippen molar-refractivity contribution in [3.05, 3.63) is 23.8 Å². The van der Waals surface area contributed by atoms with Crippen LogP contribution in [0.4, 0.5) is 5.69 Å². The molecule has 1 aliphatic heterocycles. The molecule has 0 bridgehead atoms. The number of nitrogens with two attached hydrogens (primary N) is 1. The van der Waals surface area contributed by atoms with Gasteiger partial charge < -0.3 is 5.32 Å². The molecule has 7 heteroatoms. The molecule has 1 saturated heterocycles. The Labute approximate surface area is 116 Å². The van der Waals surface area contributed by atoms with Gasteiger partial charge in [0, 0.05) is 34.0 Å². The summed E-state index contributed by atoms with van der Waals surface area (Å²) in [5.74, 6) is 1.40. The molecule has 0 atom stereocenters. The van der Waals surface area contributed by atoms with Crippen LogP contribution in [0.1, 0.15) is 18.4 Å². The second-order valence-electron chi connectivity index (χ2n) is 4.74. The zero-order chi connectivity index (χ0) is 14.0. The Hall–Kier alpha value is -0.920. The molecule has 0 spiro atoms. The first kappa shape index (κ1) is 14.5. The van der Waals surface area contributed by atoms with Gasteiger partial charge >= 0.3 is 0 Å². The molecule has 3 N–H and O–H groups in total. The maximum atomic E-state index is 11.5. The molecule has 0 amide bonds. The van der Waals surface area contributed by atoms with Crippen molar-refractivity contribution >= 4 is 26.5 Å². The fourth-order valence-electron chi connectivity index (χ4n) is 2.24. The number of anilines is 1. The Morgan fingerprint density at radius 3 is 2.53 bits per heavy atom. The van der Waals surface area contributed by atoms with E-state index < -0.39 is 20.8 Å². The lowest BCUT2D eigenvalue weighted by atomic mass is 10.1. The number of primary sulfonamides is 1. The lowest BCUT2D eigenvalue weighted by Gasteiger charge is -2.25. The molecular formula is C12H18N2O3S2. The SMILES string of the molecule is Cc1c(NC2CCS(=O)CC2)cccc1S(N)(=O)=O. The van der Waals surface area contributed by atoms with Crippen LogP contribution in [0.25, 0.3) is 0 Å². The van der Waals surface area contributed by atoms with Crippen LogP contribution in [0.2, 0.25) is 0 Å². The third-order valence-corrected chi connectivity index (χ3v) is 5.78. The lowest BCUT2D eigenvalue weighted by Crippen LogP contribution is -2.29. The van der Waals surface area contributed by atoms with Crippen LogP contribution in [-0.2, 0) is 20.8 Å². The highest BCUT2D eigenvalue weighted by Gasteiger charge is 2.20. The molecule has 0 radical (unpaired) electrons. The van der Waals surface area contributed by atoms with Crippen molar-refractivity contribution in [1.29, 1.82) is 0 Å². The largest absolute Gasteiger partial charge is 0.382 e. The molecule has 0 aromatic heterocycles. The predicted octanol–water partition coefficient (Wildman–Crippen LogP) is 0.965. The Bertz CT molecular complexity index is 589. The van der Waals surface area contributed by atoms with E-state index in [2.05, 4.69) is 5.32 Å². The molecule has 0 saturated carbocycles. The van der Waals surface area contributed by atoms with Crippen molar-refractivity contribution in [2.45, 2.75) is 30.7 Å². The summed E-state index contributed by atoms with van der Waals surface area (Å²) in [5.41, 5.74) is 1.42. The Morgan fingerprint density at radius 1 is 1.32 bits per heavy atom. The minimum Gasteiger partial charge on any atom is -0.382 e. The highest BCUT2D eigenvalue weighted by atomic mass is 32.2. The van der Waals surface area contributed by atoms with Gasteiger partial charge in [0.05, 0.1) is 4.90 Å². The number of hydrogen-bond acceptors (Lipinski definition) is 4. The van der Waals surface area contributed by atoms with Crippen LogP contribution in [0.15, 0.2) is 23.1 Å². The van der Waals surface area contributed by atoms with Gasteiger partial charge in [-0.15, -0.1) is 0 Å². The number of hydrogen-bond donors (Lipinski definition) is 2. The first-order valence-electron chi connectivity index (χ1n) is 6.12. The van der Waals surface area contributed by atoms with Crippen LogP contribution < -0.4 is 10.5 Å². The molecule has 106 valence electrons. The second-order valence-corrected chi connectivity index (χ2v) is 7.97. The molecule has 1 fully saturated rings. The summed E-state index contributed by atoms with van der Waals surface area (Å²) in [6, 6.07) is 5.27. The van der Waals surface area contributed by atoms with Gasteiger partial charge in [0.15, 0.2) is 0 Å². The van der Waals surface area contributed by atoms with Gasteiger partial charge in [-0.25, -0.2) is 13.6 Å². The topological polar surface area (TPSA) is 89.3 Å². The summed E-state index contributed by atoms with van der Waals surface area (Å²) in [6.07, 6.45) is 1.68. The van der Waals surface area contributed by atoms with Crippen molar-refractivity contribution in [3.63, 3.8) is 0 Å². The number of sulfonamides is 1. The van der Waals surface area contributed by atoms with Crippen LogP contribution in [0, 0.1) is 6.92 Å². The van der Waals surface area contributed by atoms with Gasteiger partial charge in [0.2, 0.25) is 10.0 Å². The molecular weight excluding hydrogens is 284 g/mol. The Balaban J connectivity index is 2.20.